The Labute approximate surface area is 162 Å². The van der Waals surface area contributed by atoms with Crippen LogP contribution in [0.1, 0.15) is 5.82 Å². The van der Waals surface area contributed by atoms with E-state index in [4.69, 9.17) is 9.15 Å². The molecular formula is C19H23FN6O2. The van der Waals surface area contributed by atoms with Gasteiger partial charge in [-0.05, 0) is 36.4 Å². The summed E-state index contributed by atoms with van der Waals surface area (Å²) in [6.07, 6.45) is 2.25. The second-order valence-electron chi connectivity index (χ2n) is 6.03. The molecule has 0 aliphatic carbocycles. The molecule has 0 amide bonds. The van der Waals surface area contributed by atoms with Gasteiger partial charge in [0.2, 0.25) is 5.82 Å². The molecule has 3 aromatic rings. The van der Waals surface area contributed by atoms with Crippen molar-refractivity contribution in [2.75, 3.05) is 33.8 Å². The number of hydrogen-bond acceptors (Lipinski definition) is 5. The zero-order valence-electron chi connectivity index (χ0n) is 15.9. The van der Waals surface area contributed by atoms with Crippen LogP contribution in [0.25, 0.3) is 11.6 Å². The maximum absolute atomic E-state index is 12.9. The zero-order chi connectivity index (χ0) is 19.8. The molecule has 2 heterocycles. The number of guanidine groups is 1. The normalized spacial score (nSPS) is 11.5. The lowest BCUT2D eigenvalue weighted by Crippen LogP contribution is -2.41. The van der Waals surface area contributed by atoms with Crippen LogP contribution in [0.15, 0.2) is 52.1 Å². The number of H-pyrrole nitrogens is 1. The summed E-state index contributed by atoms with van der Waals surface area (Å²) in [7, 11) is 3.65. The number of likely N-dealkylation sites (N-methyl/N-ethyl adjacent to an activating group) is 1. The molecule has 148 valence electrons. The van der Waals surface area contributed by atoms with E-state index in [1.807, 2.05) is 18.0 Å². The van der Waals surface area contributed by atoms with Crippen molar-refractivity contribution in [2.45, 2.75) is 6.42 Å². The lowest BCUT2D eigenvalue weighted by Gasteiger charge is -2.22. The van der Waals surface area contributed by atoms with Crippen LogP contribution in [0.4, 0.5) is 4.39 Å². The molecule has 3 rings (SSSR count). The summed E-state index contributed by atoms with van der Waals surface area (Å²) in [5.74, 6) is 3.03. The number of nitrogens with zero attached hydrogens (tertiary/aromatic N) is 4. The second kappa shape index (κ2) is 9.54. The molecule has 0 spiro atoms. The van der Waals surface area contributed by atoms with Gasteiger partial charge in [-0.15, -0.1) is 0 Å². The third-order valence-corrected chi connectivity index (χ3v) is 4.00. The highest BCUT2D eigenvalue weighted by Crippen LogP contribution is 2.14. The molecule has 0 aliphatic heterocycles. The summed E-state index contributed by atoms with van der Waals surface area (Å²) in [6, 6.07) is 9.58. The third-order valence-electron chi connectivity index (χ3n) is 4.00. The second-order valence-corrected chi connectivity index (χ2v) is 6.03. The number of halogens is 1. The molecule has 0 bridgehead atoms. The fourth-order valence-electron chi connectivity index (χ4n) is 2.54. The van der Waals surface area contributed by atoms with Crippen molar-refractivity contribution in [3.05, 3.63) is 54.3 Å². The van der Waals surface area contributed by atoms with E-state index in [9.17, 15) is 4.39 Å². The first-order valence-corrected chi connectivity index (χ1v) is 8.91. The van der Waals surface area contributed by atoms with E-state index in [0.29, 0.717) is 43.5 Å². The van der Waals surface area contributed by atoms with Gasteiger partial charge in [0.25, 0.3) is 0 Å². The highest BCUT2D eigenvalue weighted by atomic mass is 19.1. The molecule has 0 radical (unpaired) electrons. The molecule has 0 fully saturated rings. The molecular weight excluding hydrogens is 363 g/mol. The number of rotatable bonds is 8. The number of aliphatic imine (C=N–C) groups is 1. The first-order chi connectivity index (χ1) is 13.7. The summed E-state index contributed by atoms with van der Waals surface area (Å²) in [6.45, 7) is 1.72. The van der Waals surface area contributed by atoms with Crippen LogP contribution in [-0.4, -0.2) is 59.8 Å². The molecule has 0 unspecified atom stereocenters. The number of hydrogen-bond donors (Lipinski definition) is 2. The zero-order valence-corrected chi connectivity index (χ0v) is 15.9. The molecule has 2 aromatic heterocycles. The summed E-state index contributed by atoms with van der Waals surface area (Å²) in [4.78, 5) is 10.6. The van der Waals surface area contributed by atoms with Crippen molar-refractivity contribution in [2.24, 2.45) is 4.99 Å². The van der Waals surface area contributed by atoms with E-state index in [2.05, 4.69) is 25.5 Å². The highest BCUT2D eigenvalue weighted by molar-refractivity contribution is 5.79. The molecule has 0 atom stereocenters. The quantitative estimate of drug-likeness (QED) is 0.456. The number of ether oxygens (including phenoxy) is 1. The number of aromatic nitrogens is 3. The van der Waals surface area contributed by atoms with Crippen molar-refractivity contribution < 1.29 is 13.5 Å². The Morgan fingerprint density at radius 1 is 1.32 bits per heavy atom. The third kappa shape index (κ3) is 5.32. The Morgan fingerprint density at radius 3 is 2.86 bits per heavy atom. The molecule has 8 nitrogen and oxygen atoms in total. The number of furan rings is 1. The fraction of sp³-hybridized carbons (Fsp3) is 0.316. The molecule has 9 heteroatoms. The van der Waals surface area contributed by atoms with E-state index < -0.39 is 0 Å². The van der Waals surface area contributed by atoms with Gasteiger partial charge >= 0.3 is 0 Å². The van der Waals surface area contributed by atoms with Crippen LogP contribution in [0.2, 0.25) is 0 Å². The van der Waals surface area contributed by atoms with Gasteiger partial charge in [-0.25, -0.2) is 9.37 Å². The smallest absolute Gasteiger partial charge is 0.216 e. The summed E-state index contributed by atoms with van der Waals surface area (Å²) >= 11 is 0. The van der Waals surface area contributed by atoms with Gasteiger partial charge in [-0.3, -0.25) is 10.1 Å². The van der Waals surface area contributed by atoms with Gasteiger partial charge in [-0.2, -0.15) is 5.10 Å². The highest BCUT2D eigenvalue weighted by Gasteiger charge is 2.09. The standard InChI is InChI=1S/C19H23FN6O2/c1-21-19(26(2)11-13-27-15-7-5-14(20)6-8-15)22-10-9-17-23-18(25-24-17)16-4-3-12-28-16/h3-8,12H,9-11,13H2,1-2H3,(H,21,22)(H,23,24,25). The summed E-state index contributed by atoms with van der Waals surface area (Å²) in [5, 5.41) is 10.3. The topological polar surface area (TPSA) is 91.6 Å². The van der Waals surface area contributed by atoms with Crippen LogP contribution in [0.5, 0.6) is 5.75 Å². The van der Waals surface area contributed by atoms with Gasteiger partial charge < -0.3 is 19.4 Å². The Hall–Kier alpha value is -3.36. The number of aromatic amines is 1. The molecule has 0 saturated carbocycles. The minimum Gasteiger partial charge on any atom is -0.492 e. The van der Waals surface area contributed by atoms with Crippen LogP contribution in [0.3, 0.4) is 0 Å². The van der Waals surface area contributed by atoms with Crippen LogP contribution in [-0.2, 0) is 6.42 Å². The van der Waals surface area contributed by atoms with Crippen molar-refractivity contribution in [1.29, 1.82) is 0 Å². The Kier molecular flexibility index (Phi) is 6.61. The lowest BCUT2D eigenvalue weighted by molar-refractivity contribution is 0.281. The maximum Gasteiger partial charge on any atom is 0.216 e. The van der Waals surface area contributed by atoms with Crippen molar-refractivity contribution in [3.8, 4) is 17.3 Å². The SMILES string of the molecule is CN=C(NCCc1nc(-c2ccco2)n[nH]1)N(C)CCOc1ccc(F)cc1. The predicted molar refractivity (Wildman–Crippen MR) is 104 cm³/mol. The first kappa shape index (κ1) is 19.4. The minimum absolute atomic E-state index is 0.280. The maximum atomic E-state index is 12.9. The molecule has 0 aliphatic rings. The summed E-state index contributed by atoms with van der Waals surface area (Å²) < 4.78 is 23.8. The Bertz CT molecular complexity index is 876. The average molecular weight is 386 g/mol. The molecule has 2 N–H and O–H groups in total. The van der Waals surface area contributed by atoms with Crippen molar-refractivity contribution in [1.82, 2.24) is 25.4 Å². The number of nitrogens with one attached hydrogen (secondary N) is 2. The van der Waals surface area contributed by atoms with Crippen molar-refractivity contribution in [3.63, 3.8) is 0 Å². The van der Waals surface area contributed by atoms with Gasteiger partial charge in [0, 0.05) is 27.1 Å². The predicted octanol–water partition coefficient (Wildman–Crippen LogP) is 2.33. The fourth-order valence-corrected chi connectivity index (χ4v) is 2.54. The van der Waals surface area contributed by atoms with E-state index in [1.165, 1.54) is 12.1 Å². The van der Waals surface area contributed by atoms with Crippen LogP contribution < -0.4 is 10.1 Å². The Balaban J connectivity index is 1.40. The van der Waals surface area contributed by atoms with E-state index in [0.717, 1.165) is 11.8 Å². The van der Waals surface area contributed by atoms with Gasteiger partial charge in [-0.1, -0.05) is 0 Å². The van der Waals surface area contributed by atoms with E-state index in [-0.39, 0.29) is 5.82 Å². The van der Waals surface area contributed by atoms with Gasteiger partial charge in [0.05, 0.1) is 12.8 Å². The number of benzene rings is 1. The Morgan fingerprint density at radius 2 is 2.14 bits per heavy atom. The monoisotopic (exact) mass is 386 g/mol. The summed E-state index contributed by atoms with van der Waals surface area (Å²) in [5.41, 5.74) is 0. The lowest BCUT2D eigenvalue weighted by atomic mass is 10.3. The molecule has 1 aromatic carbocycles. The van der Waals surface area contributed by atoms with Crippen LogP contribution in [0, 0.1) is 5.82 Å². The minimum atomic E-state index is -0.280. The first-order valence-electron chi connectivity index (χ1n) is 8.91. The molecule has 28 heavy (non-hydrogen) atoms. The largest absolute Gasteiger partial charge is 0.492 e. The van der Waals surface area contributed by atoms with Gasteiger partial charge in [0.1, 0.15) is 24.0 Å². The molecule has 0 saturated heterocycles. The van der Waals surface area contributed by atoms with Gasteiger partial charge in [0.15, 0.2) is 11.7 Å². The van der Waals surface area contributed by atoms with E-state index in [1.54, 1.807) is 31.5 Å². The van der Waals surface area contributed by atoms with Crippen molar-refractivity contribution >= 4 is 5.96 Å². The average Bonchev–Trinajstić information content (AvgIpc) is 3.38. The van der Waals surface area contributed by atoms with E-state index >= 15 is 0 Å². The van der Waals surface area contributed by atoms with Crippen LogP contribution >= 0.6 is 0 Å².